The van der Waals surface area contributed by atoms with Gasteiger partial charge in [-0.05, 0) is 67.5 Å². The summed E-state index contributed by atoms with van der Waals surface area (Å²) in [6.07, 6.45) is 0. The molecule has 10 aromatic rings. The molecule has 0 fully saturated rings. The first-order valence-electron chi connectivity index (χ1n) is 16.4. The van der Waals surface area contributed by atoms with Gasteiger partial charge in [0.15, 0.2) is 0 Å². The molecular weight excluding hydrogens is 583 g/mol. The van der Waals surface area contributed by atoms with Crippen LogP contribution in [-0.2, 0) is 0 Å². The Kier molecular flexibility index (Phi) is 5.91. The third-order valence-corrected chi connectivity index (χ3v) is 9.80. The van der Waals surface area contributed by atoms with Crippen LogP contribution in [0.3, 0.4) is 0 Å². The van der Waals surface area contributed by atoms with Gasteiger partial charge in [-0.3, -0.25) is 0 Å². The van der Waals surface area contributed by atoms with E-state index in [1.54, 1.807) is 0 Å². The number of para-hydroxylation sites is 2. The van der Waals surface area contributed by atoms with Crippen LogP contribution < -0.4 is 4.90 Å². The molecule has 0 aliphatic rings. The Morgan fingerprint density at radius 2 is 0.979 bits per heavy atom. The lowest BCUT2D eigenvalue weighted by atomic mass is 9.95. The maximum absolute atomic E-state index is 6.59. The quantitative estimate of drug-likeness (QED) is 0.184. The van der Waals surface area contributed by atoms with Crippen LogP contribution in [-0.4, -0.2) is 0 Å². The summed E-state index contributed by atoms with van der Waals surface area (Å²) in [5.74, 6) is 0. The van der Waals surface area contributed by atoms with E-state index in [9.17, 15) is 0 Å². The molecule has 0 spiro atoms. The zero-order valence-corrected chi connectivity index (χ0v) is 26.1. The molecule has 0 aliphatic heterocycles. The normalized spacial score (nSPS) is 11.8. The smallest absolute Gasteiger partial charge is 0.138 e. The Morgan fingerprint density at radius 1 is 0.354 bits per heavy atom. The molecule has 10 rings (SSSR count). The first-order chi connectivity index (χ1) is 23.8. The average molecular weight is 612 g/mol. The van der Waals surface area contributed by atoms with Gasteiger partial charge >= 0.3 is 0 Å². The fourth-order valence-electron chi connectivity index (χ4n) is 7.65. The van der Waals surface area contributed by atoms with Crippen LogP contribution in [0.15, 0.2) is 180 Å². The average Bonchev–Trinajstić information content (AvgIpc) is 3.54. The van der Waals surface area contributed by atoms with Crippen LogP contribution in [0.4, 0.5) is 17.1 Å². The van der Waals surface area contributed by atoms with Gasteiger partial charge in [0.2, 0.25) is 0 Å². The maximum atomic E-state index is 6.59. The SMILES string of the molecule is c1ccc(-c2ccccc2N(c2ccc3ccc4ccc5ccccc5c4c3c2)c2cc3oc4ccccc4c3c3ccccc23)cc1. The van der Waals surface area contributed by atoms with Gasteiger partial charge in [-0.15, -0.1) is 0 Å². The van der Waals surface area contributed by atoms with Gasteiger partial charge < -0.3 is 9.32 Å². The van der Waals surface area contributed by atoms with E-state index in [1.807, 2.05) is 6.07 Å². The summed E-state index contributed by atoms with van der Waals surface area (Å²) < 4.78 is 6.59. The number of hydrogen-bond acceptors (Lipinski definition) is 2. The van der Waals surface area contributed by atoms with Crippen LogP contribution in [0.5, 0.6) is 0 Å². The van der Waals surface area contributed by atoms with E-state index in [1.165, 1.54) is 48.7 Å². The number of anilines is 3. The Balaban J connectivity index is 1.34. The van der Waals surface area contributed by atoms with Crippen LogP contribution in [0.2, 0.25) is 0 Å². The Hall–Kier alpha value is -6.38. The highest BCUT2D eigenvalue weighted by Gasteiger charge is 2.23. The van der Waals surface area contributed by atoms with E-state index in [-0.39, 0.29) is 0 Å². The zero-order valence-electron chi connectivity index (χ0n) is 26.1. The van der Waals surface area contributed by atoms with E-state index in [0.29, 0.717) is 0 Å². The summed E-state index contributed by atoms with van der Waals surface area (Å²) >= 11 is 0. The number of hydrogen-bond donors (Lipinski definition) is 0. The predicted molar refractivity (Wildman–Crippen MR) is 204 cm³/mol. The lowest BCUT2D eigenvalue weighted by Gasteiger charge is -2.29. The molecule has 1 heterocycles. The number of nitrogens with zero attached hydrogens (tertiary/aromatic N) is 1. The summed E-state index contributed by atoms with van der Waals surface area (Å²) in [4.78, 5) is 2.43. The summed E-state index contributed by atoms with van der Waals surface area (Å²) in [5.41, 5.74) is 7.38. The number of furan rings is 1. The molecule has 0 amide bonds. The third-order valence-electron chi connectivity index (χ3n) is 9.80. The largest absolute Gasteiger partial charge is 0.456 e. The maximum Gasteiger partial charge on any atom is 0.138 e. The van der Waals surface area contributed by atoms with Crippen molar-refractivity contribution in [3.63, 3.8) is 0 Å². The molecule has 2 nitrogen and oxygen atoms in total. The van der Waals surface area contributed by atoms with Crippen molar-refractivity contribution in [3.8, 4) is 11.1 Å². The van der Waals surface area contributed by atoms with Gasteiger partial charge in [0, 0.05) is 33.5 Å². The van der Waals surface area contributed by atoms with Crippen molar-refractivity contribution in [2.24, 2.45) is 0 Å². The highest BCUT2D eigenvalue weighted by molar-refractivity contribution is 6.24. The molecule has 48 heavy (non-hydrogen) atoms. The van der Waals surface area contributed by atoms with Gasteiger partial charge in [-0.2, -0.15) is 0 Å². The minimum absolute atomic E-state index is 0.879. The van der Waals surface area contributed by atoms with Crippen LogP contribution in [0.1, 0.15) is 0 Å². The van der Waals surface area contributed by atoms with Crippen molar-refractivity contribution in [2.45, 2.75) is 0 Å². The molecule has 224 valence electrons. The Morgan fingerprint density at radius 3 is 1.83 bits per heavy atom. The van der Waals surface area contributed by atoms with Crippen molar-refractivity contribution in [2.75, 3.05) is 4.90 Å². The lowest BCUT2D eigenvalue weighted by molar-refractivity contribution is 0.669. The van der Waals surface area contributed by atoms with Gasteiger partial charge in [-0.25, -0.2) is 0 Å². The van der Waals surface area contributed by atoms with Gasteiger partial charge in [0.25, 0.3) is 0 Å². The van der Waals surface area contributed by atoms with E-state index in [0.717, 1.165) is 44.6 Å². The summed E-state index contributed by atoms with van der Waals surface area (Å²) in [6.45, 7) is 0. The van der Waals surface area contributed by atoms with Crippen LogP contribution >= 0.6 is 0 Å². The molecule has 1 aromatic heterocycles. The molecule has 0 bridgehead atoms. The summed E-state index contributed by atoms with van der Waals surface area (Å²) in [6, 6.07) is 63.3. The van der Waals surface area contributed by atoms with E-state index in [2.05, 4.69) is 175 Å². The second kappa shape index (κ2) is 10.6. The van der Waals surface area contributed by atoms with Crippen molar-refractivity contribution in [1.82, 2.24) is 0 Å². The third kappa shape index (κ3) is 4.06. The van der Waals surface area contributed by atoms with Gasteiger partial charge in [-0.1, -0.05) is 146 Å². The highest BCUT2D eigenvalue weighted by Crippen LogP contribution is 2.47. The molecular formula is C46H29NO. The monoisotopic (exact) mass is 611 g/mol. The van der Waals surface area contributed by atoms with Crippen LogP contribution in [0.25, 0.3) is 76.2 Å². The van der Waals surface area contributed by atoms with E-state index >= 15 is 0 Å². The lowest BCUT2D eigenvalue weighted by Crippen LogP contribution is -2.12. The van der Waals surface area contributed by atoms with Crippen molar-refractivity contribution in [3.05, 3.63) is 176 Å². The summed E-state index contributed by atoms with van der Waals surface area (Å²) in [5, 5.41) is 12.1. The molecule has 0 saturated heterocycles. The minimum Gasteiger partial charge on any atom is -0.456 e. The number of rotatable bonds is 4. The first kappa shape index (κ1) is 26.8. The first-order valence-corrected chi connectivity index (χ1v) is 16.4. The molecule has 0 aliphatic carbocycles. The van der Waals surface area contributed by atoms with Crippen molar-refractivity contribution in [1.29, 1.82) is 0 Å². The minimum atomic E-state index is 0.879. The molecule has 0 N–H and O–H groups in total. The van der Waals surface area contributed by atoms with E-state index < -0.39 is 0 Å². The zero-order chi connectivity index (χ0) is 31.6. The highest BCUT2D eigenvalue weighted by atomic mass is 16.3. The summed E-state index contributed by atoms with van der Waals surface area (Å²) in [7, 11) is 0. The number of fused-ring (bicyclic) bond motifs is 10. The molecule has 0 radical (unpaired) electrons. The second-order valence-corrected chi connectivity index (χ2v) is 12.5. The molecule has 0 unspecified atom stereocenters. The number of benzene rings is 9. The molecule has 2 heteroatoms. The molecule has 0 atom stereocenters. The van der Waals surface area contributed by atoms with Crippen molar-refractivity contribution >= 4 is 82.1 Å². The fourth-order valence-corrected chi connectivity index (χ4v) is 7.65. The van der Waals surface area contributed by atoms with Crippen molar-refractivity contribution < 1.29 is 4.42 Å². The fraction of sp³-hybridized carbons (Fsp3) is 0. The van der Waals surface area contributed by atoms with Gasteiger partial charge in [0.05, 0.1) is 11.4 Å². The standard InChI is InChI=1S/C46H29NO/c1-2-12-30(13-3-1)35-15-8-10-20-41(35)47(42-29-44-46(38-18-7-6-17-37(38)42)39-19-9-11-21-43(39)48-44)34-27-26-32-23-25-33-24-22-31-14-4-5-16-36(31)45(33)40(32)28-34/h1-29H. The molecule has 0 saturated carbocycles. The molecule has 9 aromatic carbocycles. The second-order valence-electron chi connectivity index (χ2n) is 12.5. The van der Waals surface area contributed by atoms with Crippen LogP contribution in [0, 0.1) is 0 Å². The Bertz CT molecular complexity index is 2840. The topological polar surface area (TPSA) is 16.4 Å². The van der Waals surface area contributed by atoms with E-state index in [4.69, 9.17) is 4.42 Å². The Labute approximate surface area is 277 Å². The predicted octanol–water partition coefficient (Wildman–Crippen LogP) is 13.3. The van der Waals surface area contributed by atoms with Gasteiger partial charge in [0.1, 0.15) is 11.2 Å².